The van der Waals surface area contributed by atoms with Crippen LogP contribution in [-0.4, -0.2) is 18.0 Å². The quantitative estimate of drug-likeness (QED) is 0.132. The Morgan fingerprint density at radius 1 is 0.466 bits per heavy atom. The molecule has 0 saturated carbocycles. The third-order valence-electron chi connectivity index (χ3n) is 13.6. The molecule has 10 aromatic carbocycles. The predicted molar refractivity (Wildman–Crippen MR) is 245 cm³/mol. The summed E-state index contributed by atoms with van der Waals surface area (Å²) in [5.41, 5.74) is 18.1. The summed E-state index contributed by atoms with van der Waals surface area (Å²) in [5.74, 6) is 0. The van der Waals surface area contributed by atoms with Crippen LogP contribution in [0.4, 0.5) is 17.1 Å². The minimum atomic E-state index is -0.0508. The minimum Gasteiger partial charge on any atom is -0.311 e. The SMILES string of the molecule is N#Cc1cccc2c1B1c3cc4ccc5c6c(cc7ccc(c3N(c3ccccc3)c3cccc-2c31)c4c75)-n1c2ccccc2c2cccc(c21)B6c1ccccc1. The van der Waals surface area contributed by atoms with E-state index in [9.17, 15) is 5.26 Å². The van der Waals surface area contributed by atoms with Gasteiger partial charge in [-0.2, -0.15) is 5.26 Å². The van der Waals surface area contributed by atoms with E-state index in [1.165, 1.54) is 104 Å². The van der Waals surface area contributed by atoms with E-state index in [-0.39, 0.29) is 13.4 Å². The lowest BCUT2D eigenvalue weighted by molar-refractivity contribution is 1.20. The first kappa shape index (κ1) is 30.7. The van der Waals surface area contributed by atoms with Crippen molar-refractivity contribution in [1.29, 1.82) is 5.26 Å². The summed E-state index contributed by atoms with van der Waals surface area (Å²) in [6, 6.07) is 67.7. The number of hydrogen-bond donors (Lipinski definition) is 0. The second-order valence-corrected chi connectivity index (χ2v) is 16.2. The third kappa shape index (κ3) is 3.63. The number of nitrogens with zero attached hydrogens (tertiary/aromatic N) is 3. The first-order valence-corrected chi connectivity index (χ1v) is 20.2. The second kappa shape index (κ2) is 10.9. The van der Waals surface area contributed by atoms with E-state index in [0.717, 1.165) is 22.3 Å². The summed E-state index contributed by atoms with van der Waals surface area (Å²) in [6.07, 6.45) is 0. The van der Waals surface area contributed by atoms with Crippen molar-refractivity contribution in [2.45, 2.75) is 0 Å². The molecule has 262 valence electrons. The molecule has 58 heavy (non-hydrogen) atoms. The van der Waals surface area contributed by atoms with E-state index in [4.69, 9.17) is 0 Å². The molecule has 0 saturated heterocycles. The lowest BCUT2D eigenvalue weighted by Crippen LogP contribution is -2.56. The van der Waals surface area contributed by atoms with Crippen molar-refractivity contribution >= 4 is 117 Å². The van der Waals surface area contributed by atoms with Crippen LogP contribution in [0.5, 0.6) is 0 Å². The maximum Gasteiger partial charge on any atom is 0.250 e. The van der Waals surface area contributed by atoms with Crippen LogP contribution in [0, 0.1) is 11.3 Å². The number of para-hydroxylation sites is 3. The molecule has 5 heteroatoms. The average molecular weight is 729 g/mol. The molecule has 0 N–H and O–H groups in total. The van der Waals surface area contributed by atoms with E-state index in [1.807, 2.05) is 12.1 Å². The van der Waals surface area contributed by atoms with Gasteiger partial charge in [-0.25, -0.2) is 0 Å². The summed E-state index contributed by atoms with van der Waals surface area (Å²) in [7, 11) is 0. The van der Waals surface area contributed by atoms with E-state index in [0.29, 0.717) is 0 Å². The van der Waals surface area contributed by atoms with Gasteiger partial charge in [0, 0.05) is 50.0 Å². The largest absolute Gasteiger partial charge is 0.311 e. The molecule has 14 rings (SSSR count). The maximum atomic E-state index is 10.5. The highest BCUT2D eigenvalue weighted by molar-refractivity contribution is 7.02. The van der Waals surface area contributed by atoms with Crippen molar-refractivity contribution in [2.75, 3.05) is 4.90 Å². The first-order chi connectivity index (χ1) is 28.8. The van der Waals surface area contributed by atoms with Gasteiger partial charge in [0.05, 0.1) is 11.6 Å². The number of anilines is 3. The predicted octanol–water partition coefficient (Wildman–Crippen LogP) is 8.66. The van der Waals surface area contributed by atoms with Gasteiger partial charge in [0.25, 0.3) is 0 Å². The van der Waals surface area contributed by atoms with Gasteiger partial charge in [-0.1, -0.05) is 145 Å². The molecule has 0 aliphatic carbocycles. The zero-order chi connectivity index (χ0) is 37.8. The Hall–Kier alpha value is -7.54. The van der Waals surface area contributed by atoms with E-state index >= 15 is 0 Å². The fourth-order valence-electron chi connectivity index (χ4n) is 11.5. The number of nitriles is 1. The Morgan fingerprint density at radius 3 is 2.00 bits per heavy atom. The number of benzene rings is 10. The van der Waals surface area contributed by atoms with E-state index < -0.39 is 0 Å². The van der Waals surface area contributed by atoms with Crippen LogP contribution >= 0.6 is 0 Å². The van der Waals surface area contributed by atoms with Gasteiger partial charge in [-0.05, 0) is 102 Å². The fraction of sp³-hybridized carbons (Fsp3) is 0. The van der Waals surface area contributed by atoms with Crippen LogP contribution in [0.2, 0.25) is 0 Å². The Morgan fingerprint density at radius 2 is 1.16 bits per heavy atom. The van der Waals surface area contributed by atoms with Crippen molar-refractivity contribution in [3.8, 4) is 22.9 Å². The van der Waals surface area contributed by atoms with E-state index in [1.54, 1.807) is 0 Å². The monoisotopic (exact) mass is 729 g/mol. The van der Waals surface area contributed by atoms with E-state index in [2.05, 4.69) is 179 Å². The van der Waals surface area contributed by atoms with Crippen molar-refractivity contribution in [1.82, 2.24) is 4.57 Å². The van der Waals surface area contributed by atoms with Gasteiger partial charge in [0.2, 0.25) is 13.4 Å². The maximum absolute atomic E-state index is 10.5. The topological polar surface area (TPSA) is 32.0 Å². The zero-order valence-electron chi connectivity index (χ0n) is 31.2. The van der Waals surface area contributed by atoms with Crippen LogP contribution in [0.25, 0.3) is 70.9 Å². The Bertz CT molecular complexity index is 3660. The number of rotatable bonds is 2. The van der Waals surface area contributed by atoms with Gasteiger partial charge in [-0.3, -0.25) is 0 Å². The zero-order valence-corrected chi connectivity index (χ0v) is 31.2. The summed E-state index contributed by atoms with van der Waals surface area (Å²) >= 11 is 0. The van der Waals surface area contributed by atoms with Gasteiger partial charge >= 0.3 is 0 Å². The average Bonchev–Trinajstić information content (AvgIpc) is 3.81. The molecule has 1 aromatic heterocycles. The van der Waals surface area contributed by atoms with Gasteiger partial charge in [0.15, 0.2) is 0 Å². The summed E-state index contributed by atoms with van der Waals surface area (Å²) in [4.78, 5) is 2.50. The normalized spacial score (nSPS) is 13.4. The molecule has 0 bridgehead atoms. The highest BCUT2D eigenvalue weighted by atomic mass is 15.2. The molecule has 3 aliphatic rings. The lowest BCUT2D eigenvalue weighted by Gasteiger charge is -2.37. The van der Waals surface area contributed by atoms with Crippen molar-refractivity contribution in [3.63, 3.8) is 0 Å². The summed E-state index contributed by atoms with van der Waals surface area (Å²) < 4.78 is 2.54. The summed E-state index contributed by atoms with van der Waals surface area (Å²) in [6.45, 7) is 0.00536. The van der Waals surface area contributed by atoms with Gasteiger partial charge in [0.1, 0.15) is 0 Å². The van der Waals surface area contributed by atoms with Crippen LogP contribution in [0.1, 0.15) is 5.56 Å². The molecule has 0 amide bonds. The molecule has 0 radical (unpaired) electrons. The number of aromatic nitrogens is 1. The molecule has 0 atom stereocenters. The van der Waals surface area contributed by atoms with Gasteiger partial charge in [-0.15, -0.1) is 0 Å². The van der Waals surface area contributed by atoms with Crippen LogP contribution in [0.3, 0.4) is 0 Å². The Kier molecular flexibility index (Phi) is 5.73. The molecule has 4 heterocycles. The standard InChI is InChI=1S/C53H29B2N3/c56-30-33-12-9-18-37-38-19-11-23-45-50(38)55(49(33)37)43-28-31-24-26-40-47-32(25-27-41(48(31)47)53(43)57(45)35-15-5-2-6-16-35)29-46-51(40)54(34-13-3-1-4-14-34)42-21-10-20-39-36-17-7-8-22-44(36)58(46)52(39)42/h1-29H. The first-order valence-electron chi connectivity index (χ1n) is 20.2. The van der Waals surface area contributed by atoms with Crippen LogP contribution < -0.4 is 37.7 Å². The highest BCUT2D eigenvalue weighted by Crippen LogP contribution is 2.47. The van der Waals surface area contributed by atoms with Crippen molar-refractivity contribution in [3.05, 3.63) is 181 Å². The lowest BCUT2D eigenvalue weighted by atomic mass is 9.35. The molecule has 0 fully saturated rings. The molecule has 3 nitrogen and oxygen atoms in total. The summed E-state index contributed by atoms with van der Waals surface area (Å²) in [5, 5.41) is 20.7. The van der Waals surface area contributed by atoms with Crippen LogP contribution in [0.15, 0.2) is 176 Å². The number of fused-ring (bicyclic) bond motifs is 12. The molecule has 0 spiro atoms. The number of hydrogen-bond acceptors (Lipinski definition) is 2. The van der Waals surface area contributed by atoms with Crippen molar-refractivity contribution < 1.29 is 0 Å². The highest BCUT2D eigenvalue weighted by Gasteiger charge is 2.45. The Balaban J connectivity index is 1.14. The smallest absolute Gasteiger partial charge is 0.250 e. The molecule has 3 aliphatic heterocycles. The molecular formula is C53H29B2N3. The van der Waals surface area contributed by atoms with Crippen LogP contribution in [-0.2, 0) is 0 Å². The minimum absolute atomic E-state index is 0.0508. The Labute approximate surface area is 335 Å². The van der Waals surface area contributed by atoms with Crippen molar-refractivity contribution in [2.24, 2.45) is 0 Å². The molecular weight excluding hydrogens is 700 g/mol. The van der Waals surface area contributed by atoms with Gasteiger partial charge < -0.3 is 9.47 Å². The second-order valence-electron chi connectivity index (χ2n) is 16.2. The molecule has 0 unspecified atom stereocenters. The third-order valence-corrected chi connectivity index (χ3v) is 13.6. The molecule has 11 aromatic rings. The fourth-order valence-corrected chi connectivity index (χ4v) is 11.5.